The van der Waals surface area contributed by atoms with Gasteiger partial charge in [0.2, 0.25) is 5.91 Å². The fraction of sp³-hybridized carbons (Fsp3) is 0.333. The number of aromatic nitrogens is 2. The summed E-state index contributed by atoms with van der Waals surface area (Å²) in [5.74, 6) is -2.26. The van der Waals surface area contributed by atoms with Crippen LogP contribution in [0.15, 0.2) is 12.1 Å². The van der Waals surface area contributed by atoms with Crippen molar-refractivity contribution >= 4 is 29.1 Å². The summed E-state index contributed by atoms with van der Waals surface area (Å²) in [4.78, 5) is 11.0. The van der Waals surface area contributed by atoms with Gasteiger partial charge in [-0.25, -0.2) is 4.39 Å². The average molecular weight is 414 g/mol. The van der Waals surface area contributed by atoms with Crippen molar-refractivity contribution in [2.45, 2.75) is 13.1 Å². The molecular formula is C15H13Cl2F4N3O2. The molecular weight excluding hydrogens is 401 g/mol. The summed E-state index contributed by atoms with van der Waals surface area (Å²) in [7, 11) is 1.04. The maximum Gasteiger partial charge on any atom is 0.434 e. The van der Waals surface area contributed by atoms with Crippen molar-refractivity contribution in [1.82, 2.24) is 9.78 Å². The molecule has 0 aliphatic carbocycles. The van der Waals surface area contributed by atoms with E-state index in [0.29, 0.717) is 4.68 Å². The van der Waals surface area contributed by atoms with Crippen LogP contribution < -0.4 is 10.5 Å². The molecule has 0 bridgehead atoms. The van der Waals surface area contributed by atoms with Gasteiger partial charge in [-0.3, -0.25) is 9.48 Å². The number of ether oxygens (including phenoxy) is 1. The Hall–Kier alpha value is -2.00. The van der Waals surface area contributed by atoms with Crippen molar-refractivity contribution < 1.29 is 27.1 Å². The zero-order valence-corrected chi connectivity index (χ0v) is 15.0. The highest BCUT2D eigenvalue weighted by Crippen LogP contribution is 2.41. The minimum atomic E-state index is -4.77. The number of primary amides is 1. The first kappa shape index (κ1) is 20.3. The van der Waals surface area contributed by atoms with Crippen molar-refractivity contribution in [3.8, 4) is 17.0 Å². The van der Waals surface area contributed by atoms with Crippen LogP contribution in [0, 0.1) is 11.7 Å². The number of nitrogens with zero attached hydrogens (tertiary/aromatic N) is 2. The third-order valence-electron chi connectivity index (χ3n) is 3.51. The molecule has 0 radical (unpaired) electrons. The number of hydrogen-bond donors (Lipinski definition) is 1. The SMILES string of the molecule is CC(COc1cc(-c2nn(C)c(C(F)(F)F)c2Cl)c(F)cc1Cl)C(N)=O. The smallest absolute Gasteiger partial charge is 0.434 e. The summed E-state index contributed by atoms with van der Waals surface area (Å²) in [6.45, 7) is 1.36. The molecule has 0 fully saturated rings. The number of benzene rings is 1. The van der Waals surface area contributed by atoms with Crippen LogP contribution in [0.4, 0.5) is 17.6 Å². The average Bonchev–Trinajstić information content (AvgIpc) is 2.80. The normalized spacial score (nSPS) is 12.9. The number of carbonyl (C=O) groups is 1. The van der Waals surface area contributed by atoms with E-state index in [-0.39, 0.29) is 22.9 Å². The van der Waals surface area contributed by atoms with Gasteiger partial charge >= 0.3 is 6.18 Å². The molecule has 2 aromatic rings. The van der Waals surface area contributed by atoms with Crippen LogP contribution >= 0.6 is 23.2 Å². The van der Waals surface area contributed by atoms with Crippen LogP contribution in [0.2, 0.25) is 10.0 Å². The highest BCUT2D eigenvalue weighted by atomic mass is 35.5. The van der Waals surface area contributed by atoms with E-state index in [1.54, 1.807) is 0 Å². The fourth-order valence-electron chi connectivity index (χ4n) is 2.10. The lowest BCUT2D eigenvalue weighted by molar-refractivity contribution is -0.143. The third-order valence-corrected chi connectivity index (χ3v) is 4.16. The van der Waals surface area contributed by atoms with Gasteiger partial charge in [-0.05, 0) is 12.1 Å². The van der Waals surface area contributed by atoms with E-state index in [1.807, 2.05) is 0 Å². The van der Waals surface area contributed by atoms with Gasteiger partial charge in [0.05, 0.1) is 22.6 Å². The van der Waals surface area contributed by atoms with Crippen LogP contribution in [0.1, 0.15) is 12.6 Å². The molecule has 0 saturated heterocycles. The molecule has 0 aliphatic rings. The van der Waals surface area contributed by atoms with Crippen LogP contribution in [0.25, 0.3) is 11.3 Å². The van der Waals surface area contributed by atoms with E-state index in [2.05, 4.69) is 5.10 Å². The Bertz CT molecular complexity index is 852. The summed E-state index contributed by atoms with van der Waals surface area (Å²) < 4.78 is 59.2. The summed E-state index contributed by atoms with van der Waals surface area (Å²) >= 11 is 11.7. The molecule has 1 heterocycles. The molecule has 26 heavy (non-hydrogen) atoms. The predicted octanol–water partition coefficient (Wildman–Crippen LogP) is 4.05. The highest BCUT2D eigenvalue weighted by molar-refractivity contribution is 6.34. The van der Waals surface area contributed by atoms with Crippen LogP contribution in [0.5, 0.6) is 5.75 Å². The summed E-state index contributed by atoms with van der Waals surface area (Å²) in [6, 6.07) is 1.93. The van der Waals surface area contributed by atoms with Crippen molar-refractivity contribution in [3.63, 3.8) is 0 Å². The number of alkyl halides is 3. The van der Waals surface area contributed by atoms with Crippen molar-refractivity contribution in [2.24, 2.45) is 18.7 Å². The number of hydrogen-bond acceptors (Lipinski definition) is 3. The van der Waals surface area contributed by atoms with E-state index < -0.39 is 40.2 Å². The van der Waals surface area contributed by atoms with Gasteiger partial charge < -0.3 is 10.5 Å². The Labute approximate surface area is 155 Å². The highest BCUT2D eigenvalue weighted by Gasteiger charge is 2.39. The quantitative estimate of drug-likeness (QED) is 0.751. The molecule has 0 spiro atoms. The first-order valence-electron chi connectivity index (χ1n) is 7.14. The lowest BCUT2D eigenvalue weighted by Gasteiger charge is -2.13. The molecule has 1 aromatic heterocycles. The van der Waals surface area contributed by atoms with E-state index in [9.17, 15) is 22.4 Å². The van der Waals surface area contributed by atoms with Gasteiger partial charge in [-0.1, -0.05) is 30.1 Å². The number of halogens is 6. The minimum absolute atomic E-state index is 0.0496. The first-order chi connectivity index (χ1) is 11.9. The standard InChI is InChI=1S/C15H13Cl2F4N3O2/c1-6(14(22)25)5-26-10-3-7(9(18)4-8(10)16)12-11(17)13(15(19,20)21)24(2)23-12/h3-4,6H,5H2,1-2H3,(H2,22,25). The number of aryl methyl sites for hydroxylation is 1. The van der Waals surface area contributed by atoms with Gasteiger partial charge in [-0.15, -0.1) is 0 Å². The molecule has 11 heteroatoms. The van der Waals surface area contributed by atoms with E-state index >= 15 is 0 Å². The Morgan fingerprint density at radius 3 is 2.50 bits per heavy atom. The second-order valence-electron chi connectivity index (χ2n) is 5.51. The van der Waals surface area contributed by atoms with Crippen molar-refractivity contribution in [1.29, 1.82) is 0 Å². The Morgan fingerprint density at radius 2 is 2.00 bits per heavy atom. The molecule has 5 nitrogen and oxygen atoms in total. The lowest BCUT2D eigenvalue weighted by Crippen LogP contribution is -2.25. The van der Waals surface area contributed by atoms with Crippen LogP contribution in [-0.4, -0.2) is 22.3 Å². The second-order valence-corrected chi connectivity index (χ2v) is 6.29. The van der Waals surface area contributed by atoms with Gasteiger partial charge in [-0.2, -0.15) is 18.3 Å². The maximum absolute atomic E-state index is 14.3. The van der Waals surface area contributed by atoms with Gasteiger partial charge in [0.25, 0.3) is 0 Å². The predicted molar refractivity (Wildman–Crippen MR) is 87.5 cm³/mol. The monoisotopic (exact) mass is 413 g/mol. The van der Waals surface area contributed by atoms with E-state index in [0.717, 1.165) is 19.2 Å². The minimum Gasteiger partial charge on any atom is -0.491 e. The van der Waals surface area contributed by atoms with Crippen LogP contribution in [0.3, 0.4) is 0 Å². The Kier molecular flexibility index (Phi) is 5.72. The molecule has 0 saturated carbocycles. The molecule has 0 aliphatic heterocycles. The molecule has 1 aromatic carbocycles. The van der Waals surface area contributed by atoms with Gasteiger partial charge in [0, 0.05) is 12.6 Å². The zero-order chi connectivity index (χ0) is 19.8. The van der Waals surface area contributed by atoms with E-state index in [1.165, 1.54) is 6.92 Å². The van der Waals surface area contributed by atoms with Crippen molar-refractivity contribution in [3.05, 3.63) is 33.7 Å². The van der Waals surface area contributed by atoms with Crippen molar-refractivity contribution in [2.75, 3.05) is 6.61 Å². The fourth-order valence-corrected chi connectivity index (χ4v) is 2.67. The first-order valence-corrected chi connectivity index (χ1v) is 7.90. The molecule has 2 N–H and O–H groups in total. The van der Waals surface area contributed by atoms with Gasteiger partial charge in [0.15, 0.2) is 5.69 Å². The number of rotatable bonds is 5. The largest absolute Gasteiger partial charge is 0.491 e. The molecule has 1 amide bonds. The second kappa shape index (κ2) is 7.32. The lowest BCUT2D eigenvalue weighted by atomic mass is 10.1. The number of nitrogens with two attached hydrogens (primary N) is 1. The number of carbonyl (C=O) groups excluding carboxylic acids is 1. The third kappa shape index (κ3) is 4.04. The molecule has 1 atom stereocenters. The summed E-state index contributed by atoms with van der Waals surface area (Å²) in [5.41, 5.74) is 3.16. The van der Waals surface area contributed by atoms with Gasteiger partial charge in [0.1, 0.15) is 17.3 Å². The molecule has 142 valence electrons. The van der Waals surface area contributed by atoms with Crippen LogP contribution in [-0.2, 0) is 18.0 Å². The topological polar surface area (TPSA) is 70.1 Å². The maximum atomic E-state index is 14.3. The molecule has 1 unspecified atom stereocenters. The summed E-state index contributed by atoms with van der Waals surface area (Å²) in [5, 5.41) is 2.77. The molecule has 2 rings (SSSR count). The summed E-state index contributed by atoms with van der Waals surface area (Å²) in [6.07, 6.45) is -4.77. The van der Waals surface area contributed by atoms with E-state index in [4.69, 9.17) is 33.7 Å². The Morgan fingerprint density at radius 1 is 1.38 bits per heavy atom. The Balaban J connectivity index is 2.48. The zero-order valence-electron chi connectivity index (χ0n) is 13.5. The number of amides is 1.